The van der Waals surface area contributed by atoms with Gasteiger partial charge in [0.1, 0.15) is 0 Å². The van der Waals surface area contributed by atoms with Crippen molar-refractivity contribution in [3.05, 3.63) is 33.4 Å². The summed E-state index contributed by atoms with van der Waals surface area (Å²) in [5, 5.41) is 11.2. The molecule has 1 aromatic carbocycles. The van der Waals surface area contributed by atoms with Crippen molar-refractivity contribution in [2.75, 3.05) is 7.11 Å². The SMILES string of the molecule is COc1c(C(=O)NN)ccc(C(=O)C(C)C)c1[N+](=O)[O-]. The first kappa shape index (κ1) is 15.6. The third kappa shape index (κ3) is 2.75. The fraction of sp³-hybridized carbons (Fsp3) is 0.333. The number of nitrogens with one attached hydrogen (secondary N) is 1. The van der Waals surface area contributed by atoms with Gasteiger partial charge in [0.25, 0.3) is 5.91 Å². The van der Waals surface area contributed by atoms with Gasteiger partial charge >= 0.3 is 5.69 Å². The number of carbonyl (C=O) groups excluding carboxylic acids is 2. The zero-order valence-corrected chi connectivity index (χ0v) is 11.3. The zero-order chi connectivity index (χ0) is 15.4. The van der Waals surface area contributed by atoms with Gasteiger partial charge in [0, 0.05) is 5.92 Å². The Balaban J connectivity index is 3.62. The number of nitrogen functional groups attached to an aromatic ring is 1. The van der Waals surface area contributed by atoms with Crippen LogP contribution in [0.4, 0.5) is 5.69 Å². The van der Waals surface area contributed by atoms with E-state index in [0.717, 1.165) is 0 Å². The lowest BCUT2D eigenvalue weighted by Crippen LogP contribution is -2.30. The molecule has 0 saturated heterocycles. The van der Waals surface area contributed by atoms with Crippen LogP contribution in [0.3, 0.4) is 0 Å². The number of carbonyl (C=O) groups is 2. The maximum Gasteiger partial charge on any atom is 0.322 e. The highest BCUT2D eigenvalue weighted by Crippen LogP contribution is 2.35. The Bertz CT molecular complexity index is 568. The molecule has 0 heterocycles. The van der Waals surface area contributed by atoms with Crippen LogP contribution in [0.5, 0.6) is 5.75 Å². The number of hydrogen-bond donors (Lipinski definition) is 2. The van der Waals surface area contributed by atoms with Crippen LogP contribution in [0.25, 0.3) is 0 Å². The van der Waals surface area contributed by atoms with Crippen molar-refractivity contribution in [3.63, 3.8) is 0 Å². The van der Waals surface area contributed by atoms with E-state index in [1.807, 2.05) is 5.43 Å². The first-order valence-electron chi connectivity index (χ1n) is 5.75. The highest BCUT2D eigenvalue weighted by Gasteiger charge is 2.30. The molecule has 20 heavy (non-hydrogen) atoms. The van der Waals surface area contributed by atoms with Gasteiger partial charge in [-0.25, -0.2) is 5.84 Å². The number of benzene rings is 1. The number of hydrazine groups is 1. The summed E-state index contributed by atoms with van der Waals surface area (Å²) in [7, 11) is 1.18. The molecule has 0 atom stereocenters. The maximum absolute atomic E-state index is 12.0. The molecule has 0 fully saturated rings. The number of rotatable bonds is 5. The van der Waals surface area contributed by atoms with Gasteiger partial charge in [-0.1, -0.05) is 13.8 Å². The average Bonchev–Trinajstić information content (AvgIpc) is 2.43. The van der Waals surface area contributed by atoms with Crippen LogP contribution in [-0.4, -0.2) is 23.7 Å². The van der Waals surface area contributed by atoms with Crippen LogP contribution >= 0.6 is 0 Å². The van der Waals surface area contributed by atoms with Crippen molar-refractivity contribution in [1.29, 1.82) is 0 Å². The summed E-state index contributed by atoms with van der Waals surface area (Å²) in [6.45, 7) is 3.25. The summed E-state index contributed by atoms with van der Waals surface area (Å²) in [4.78, 5) is 34.0. The second-order valence-corrected chi connectivity index (χ2v) is 4.29. The van der Waals surface area contributed by atoms with Gasteiger partial charge in [0.05, 0.1) is 23.2 Å². The third-order valence-corrected chi connectivity index (χ3v) is 2.68. The quantitative estimate of drug-likeness (QED) is 0.273. The monoisotopic (exact) mass is 281 g/mol. The van der Waals surface area contributed by atoms with Crippen molar-refractivity contribution < 1.29 is 19.2 Å². The number of ether oxygens (including phenoxy) is 1. The number of hydrogen-bond acceptors (Lipinski definition) is 6. The second kappa shape index (κ2) is 6.11. The predicted octanol–water partition coefficient (Wildman–Crippen LogP) is 1.05. The topological polar surface area (TPSA) is 125 Å². The lowest BCUT2D eigenvalue weighted by Gasteiger charge is -2.11. The number of nitro benzene ring substituents is 1. The molecule has 0 aromatic heterocycles. The van der Waals surface area contributed by atoms with Gasteiger partial charge in [0.2, 0.25) is 5.75 Å². The van der Waals surface area contributed by atoms with Gasteiger partial charge in [-0.2, -0.15) is 0 Å². The van der Waals surface area contributed by atoms with Gasteiger partial charge in [-0.05, 0) is 12.1 Å². The Morgan fingerprint density at radius 1 is 1.35 bits per heavy atom. The van der Waals surface area contributed by atoms with E-state index in [4.69, 9.17) is 10.6 Å². The molecule has 108 valence electrons. The lowest BCUT2D eigenvalue weighted by molar-refractivity contribution is -0.386. The molecule has 0 aliphatic heterocycles. The van der Waals surface area contributed by atoms with Crippen LogP contribution in [0, 0.1) is 16.0 Å². The predicted molar refractivity (Wildman–Crippen MR) is 70.5 cm³/mol. The van der Waals surface area contributed by atoms with E-state index < -0.39 is 28.2 Å². The Labute approximate surface area is 115 Å². The van der Waals surface area contributed by atoms with Gasteiger partial charge in [-0.3, -0.25) is 25.1 Å². The van der Waals surface area contributed by atoms with Gasteiger partial charge in [-0.15, -0.1) is 0 Å². The minimum Gasteiger partial charge on any atom is -0.490 e. The number of nitrogens with two attached hydrogens (primary N) is 1. The van der Waals surface area contributed by atoms with Crippen LogP contribution in [0.2, 0.25) is 0 Å². The molecule has 8 nitrogen and oxygen atoms in total. The third-order valence-electron chi connectivity index (χ3n) is 2.68. The normalized spacial score (nSPS) is 10.2. The van der Waals surface area contributed by atoms with Crippen LogP contribution in [0.1, 0.15) is 34.6 Å². The van der Waals surface area contributed by atoms with E-state index in [2.05, 4.69) is 0 Å². The van der Waals surface area contributed by atoms with Gasteiger partial charge < -0.3 is 4.74 Å². The van der Waals surface area contributed by atoms with E-state index in [1.54, 1.807) is 13.8 Å². The Morgan fingerprint density at radius 2 is 1.90 bits per heavy atom. The van der Waals surface area contributed by atoms with Crippen molar-refractivity contribution in [1.82, 2.24) is 5.43 Å². The smallest absolute Gasteiger partial charge is 0.322 e. The molecule has 1 rings (SSSR count). The number of amides is 1. The maximum atomic E-state index is 12.0. The Hall–Kier alpha value is -2.48. The summed E-state index contributed by atoms with van der Waals surface area (Å²) in [6.07, 6.45) is 0. The summed E-state index contributed by atoms with van der Waals surface area (Å²) < 4.78 is 4.92. The molecule has 0 aliphatic carbocycles. The number of Topliss-reactive ketones (excluding diaryl/α,β-unsaturated/α-hetero) is 1. The molecular weight excluding hydrogens is 266 g/mol. The molecule has 0 unspecified atom stereocenters. The lowest BCUT2D eigenvalue weighted by atomic mass is 9.97. The summed E-state index contributed by atoms with van der Waals surface area (Å²) in [5.74, 6) is 3.15. The molecule has 0 spiro atoms. The fourth-order valence-corrected chi connectivity index (χ4v) is 1.73. The van der Waals surface area contributed by atoms with E-state index in [9.17, 15) is 19.7 Å². The van der Waals surface area contributed by atoms with E-state index >= 15 is 0 Å². The molecular formula is C12H15N3O5. The van der Waals surface area contributed by atoms with E-state index in [-0.39, 0.29) is 16.9 Å². The summed E-state index contributed by atoms with van der Waals surface area (Å²) in [6, 6.07) is 2.50. The van der Waals surface area contributed by atoms with Crippen molar-refractivity contribution in [3.8, 4) is 5.75 Å². The molecule has 3 N–H and O–H groups in total. The standard InChI is InChI=1S/C12H15N3O5/c1-6(2)10(16)7-4-5-8(12(17)14-13)11(20-3)9(7)15(18)19/h4-6H,13H2,1-3H3,(H,14,17). The van der Waals surface area contributed by atoms with Gasteiger partial charge in [0.15, 0.2) is 5.78 Å². The van der Waals surface area contributed by atoms with E-state index in [1.165, 1.54) is 19.2 Å². The number of nitro groups is 1. The van der Waals surface area contributed by atoms with Crippen molar-refractivity contribution in [2.24, 2.45) is 11.8 Å². The number of methoxy groups -OCH3 is 1. The van der Waals surface area contributed by atoms with Crippen LogP contribution in [-0.2, 0) is 0 Å². The summed E-state index contributed by atoms with van der Waals surface area (Å²) in [5.41, 5.74) is 1.12. The fourth-order valence-electron chi connectivity index (χ4n) is 1.73. The highest BCUT2D eigenvalue weighted by molar-refractivity contribution is 6.05. The first-order chi connectivity index (χ1) is 9.34. The second-order valence-electron chi connectivity index (χ2n) is 4.29. The minimum absolute atomic E-state index is 0.101. The van der Waals surface area contributed by atoms with Crippen molar-refractivity contribution >= 4 is 17.4 Å². The molecule has 0 aliphatic rings. The zero-order valence-electron chi connectivity index (χ0n) is 11.3. The Kier molecular flexibility index (Phi) is 4.76. The van der Waals surface area contributed by atoms with Crippen molar-refractivity contribution in [2.45, 2.75) is 13.8 Å². The number of ketones is 1. The molecule has 0 saturated carbocycles. The van der Waals surface area contributed by atoms with E-state index in [0.29, 0.717) is 0 Å². The molecule has 1 aromatic rings. The molecule has 0 radical (unpaired) electrons. The first-order valence-corrected chi connectivity index (χ1v) is 5.75. The minimum atomic E-state index is -0.748. The summed E-state index contributed by atoms with van der Waals surface area (Å²) >= 11 is 0. The molecule has 1 amide bonds. The molecule has 0 bridgehead atoms. The van der Waals surface area contributed by atoms with Crippen LogP contribution in [0.15, 0.2) is 12.1 Å². The Morgan fingerprint density at radius 3 is 2.30 bits per heavy atom. The molecule has 8 heteroatoms. The van der Waals surface area contributed by atoms with Crippen LogP contribution < -0.4 is 16.0 Å². The largest absolute Gasteiger partial charge is 0.490 e. The highest BCUT2D eigenvalue weighted by atomic mass is 16.6. The average molecular weight is 281 g/mol. The number of nitrogens with zero attached hydrogens (tertiary/aromatic N) is 1.